The molecule has 0 bridgehead atoms. The van der Waals surface area contributed by atoms with E-state index in [9.17, 15) is 0 Å². The van der Waals surface area contributed by atoms with Gasteiger partial charge in [0.2, 0.25) is 0 Å². The molecule has 0 aromatic heterocycles. The van der Waals surface area contributed by atoms with Crippen LogP contribution >= 0.6 is 0 Å². The van der Waals surface area contributed by atoms with E-state index in [2.05, 4.69) is 33.0 Å². The van der Waals surface area contributed by atoms with Crippen molar-refractivity contribution in [2.75, 3.05) is 0 Å². The highest BCUT2D eigenvalue weighted by molar-refractivity contribution is 4.78. The second-order valence-electron chi connectivity index (χ2n) is 5.16. The second-order valence-corrected chi connectivity index (χ2v) is 5.16. The first-order chi connectivity index (χ1) is 6.09. The molecule has 1 aliphatic rings. The summed E-state index contributed by atoms with van der Waals surface area (Å²) in [6, 6.07) is 1.48. The molecule has 0 unspecified atom stereocenters. The first-order valence-electron chi connectivity index (χ1n) is 5.85. The fourth-order valence-corrected chi connectivity index (χ4v) is 1.99. The van der Waals surface area contributed by atoms with Crippen LogP contribution in [0.15, 0.2) is 0 Å². The average molecular weight is 183 g/mol. The Morgan fingerprint density at radius 1 is 1.00 bits per heavy atom. The standard InChI is InChI=1S/C12H25N/c1-9(2)11(4)13-12-7-5-10(3)6-8-12/h9-13H,5-8H2,1-4H3/t10?,11-,12?/m0/s1. The van der Waals surface area contributed by atoms with Crippen LogP contribution in [0.4, 0.5) is 0 Å². The van der Waals surface area contributed by atoms with Crippen molar-refractivity contribution < 1.29 is 0 Å². The van der Waals surface area contributed by atoms with Crippen LogP contribution < -0.4 is 5.32 Å². The van der Waals surface area contributed by atoms with Crippen LogP contribution in [-0.2, 0) is 0 Å². The van der Waals surface area contributed by atoms with Crippen molar-refractivity contribution in [2.45, 2.75) is 65.5 Å². The normalized spacial score (nSPS) is 32.1. The van der Waals surface area contributed by atoms with Crippen molar-refractivity contribution >= 4 is 0 Å². The van der Waals surface area contributed by atoms with E-state index in [-0.39, 0.29) is 0 Å². The van der Waals surface area contributed by atoms with Gasteiger partial charge in [-0.1, -0.05) is 20.8 Å². The summed E-state index contributed by atoms with van der Waals surface area (Å²) in [4.78, 5) is 0. The molecule has 0 saturated heterocycles. The lowest BCUT2D eigenvalue weighted by atomic mass is 9.86. The molecule has 0 aromatic carbocycles. The molecule has 0 heterocycles. The SMILES string of the molecule is CC1CCC(N[C@@H](C)C(C)C)CC1. The van der Waals surface area contributed by atoms with Crippen LogP contribution in [0, 0.1) is 11.8 Å². The van der Waals surface area contributed by atoms with E-state index in [0.29, 0.717) is 6.04 Å². The highest BCUT2D eigenvalue weighted by Crippen LogP contribution is 2.24. The van der Waals surface area contributed by atoms with Gasteiger partial charge in [0, 0.05) is 12.1 Å². The van der Waals surface area contributed by atoms with Gasteiger partial charge in [-0.15, -0.1) is 0 Å². The largest absolute Gasteiger partial charge is 0.311 e. The fourth-order valence-electron chi connectivity index (χ4n) is 1.99. The number of rotatable bonds is 3. The molecule has 78 valence electrons. The van der Waals surface area contributed by atoms with Crippen molar-refractivity contribution in [1.29, 1.82) is 0 Å². The maximum absolute atomic E-state index is 3.74. The van der Waals surface area contributed by atoms with Crippen LogP contribution in [0.5, 0.6) is 0 Å². The molecule has 1 heteroatoms. The van der Waals surface area contributed by atoms with Gasteiger partial charge in [-0.05, 0) is 44.4 Å². The molecule has 0 aromatic rings. The first kappa shape index (κ1) is 11.0. The van der Waals surface area contributed by atoms with Crippen molar-refractivity contribution in [3.63, 3.8) is 0 Å². The predicted octanol–water partition coefficient (Wildman–Crippen LogP) is 3.20. The van der Waals surface area contributed by atoms with Crippen LogP contribution in [0.1, 0.15) is 53.4 Å². The molecule has 0 radical (unpaired) electrons. The Balaban J connectivity index is 2.22. The van der Waals surface area contributed by atoms with Crippen LogP contribution in [0.2, 0.25) is 0 Å². The summed E-state index contributed by atoms with van der Waals surface area (Å²) in [6.07, 6.45) is 5.61. The van der Waals surface area contributed by atoms with Gasteiger partial charge in [-0.25, -0.2) is 0 Å². The zero-order chi connectivity index (χ0) is 9.84. The maximum Gasteiger partial charge on any atom is 0.00698 e. The molecule has 13 heavy (non-hydrogen) atoms. The Bertz CT molecular complexity index is 134. The lowest BCUT2D eigenvalue weighted by Crippen LogP contribution is -2.41. The molecule has 0 amide bonds. The lowest BCUT2D eigenvalue weighted by molar-refractivity contribution is 0.271. The Morgan fingerprint density at radius 2 is 1.54 bits per heavy atom. The summed E-state index contributed by atoms with van der Waals surface area (Å²) in [7, 11) is 0. The van der Waals surface area contributed by atoms with Crippen LogP contribution in [-0.4, -0.2) is 12.1 Å². The monoisotopic (exact) mass is 183 g/mol. The molecule has 1 rings (SSSR count). The smallest absolute Gasteiger partial charge is 0.00698 e. The maximum atomic E-state index is 3.74. The van der Waals surface area contributed by atoms with E-state index < -0.39 is 0 Å². The molecule has 0 aliphatic heterocycles. The third-order valence-corrected chi connectivity index (χ3v) is 3.51. The predicted molar refractivity (Wildman–Crippen MR) is 58.9 cm³/mol. The summed E-state index contributed by atoms with van der Waals surface area (Å²) in [5.41, 5.74) is 0. The van der Waals surface area contributed by atoms with Gasteiger partial charge in [-0.3, -0.25) is 0 Å². The van der Waals surface area contributed by atoms with E-state index in [1.807, 2.05) is 0 Å². The van der Waals surface area contributed by atoms with Crippen LogP contribution in [0.3, 0.4) is 0 Å². The number of hydrogen-bond acceptors (Lipinski definition) is 1. The molecule has 1 N–H and O–H groups in total. The molecule has 1 nitrogen and oxygen atoms in total. The fraction of sp³-hybridized carbons (Fsp3) is 1.00. The van der Waals surface area contributed by atoms with Gasteiger partial charge in [0.25, 0.3) is 0 Å². The summed E-state index contributed by atoms with van der Waals surface area (Å²) >= 11 is 0. The third-order valence-electron chi connectivity index (χ3n) is 3.51. The average Bonchev–Trinajstić information content (AvgIpc) is 2.08. The van der Waals surface area contributed by atoms with E-state index >= 15 is 0 Å². The van der Waals surface area contributed by atoms with Gasteiger partial charge in [0.1, 0.15) is 0 Å². The summed E-state index contributed by atoms with van der Waals surface area (Å²) in [5.74, 6) is 1.73. The van der Waals surface area contributed by atoms with Gasteiger partial charge >= 0.3 is 0 Å². The zero-order valence-corrected chi connectivity index (χ0v) is 9.64. The zero-order valence-electron chi connectivity index (χ0n) is 9.64. The number of nitrogens with one attached hydrogen (secondary N) is 1. The Hall–Kier alpha value is -0.0400. The molecule has 1 atom stereocenters. The second kappa shape index (κ2) is 4.99. The highest BCUT2D eigenvalue weighted by atomic mass is 14.9. The molecule has 0 spiro atoms. The van der Waals surface area contributed by atoms with Gasteiger partial charge in [-0.2, -0.15) is 0 Å². The van der Waals surface area contributed by atoms with Crippen molar-refractivity contribution in [2.24, 2.45) is 11.8 Å². The minimum atomic E-state index is 0.679. The summed E-state index contributed by atoms with van der Waals surface area (Å²) in [5, 5.41) is 3.74. The van der Waals surface area contributed by atoms with Gasteiger partial charge in [0.15, 0.2) is 0 Å². The van der Waals surface area contributed by atoms with Crippen LogP contribution in [0.25, 0.3) is 0 Å². The van der Waals surface area contributed by atoms with E-state index in [0.717, 1.165) is 17.9 Å². The Morgan fingerprint density at radius 3 is 2.00 bits per heavy atom. The first-order valence-corrected chi connectivity index (χ1v) is 5.85. The van der Waals surface area contributed by atoms with Crippen molar-refractivity contribution in [3.05, 3.63) is 0 Å². The van der Waals surface area contributed by atoms with Crippen molar-refractivity contribution in [3.8, 4) is 0 Å². The summed E-state index contributed by atoms with van der Waals surface area (Å²) in [6.45, 7) is 9.27. The lowest BCUT2D eigenvalue weighted by Gasteiger charge is -2.31. The molecule has 1 saturated carbocycles. The third kappa shape index (κ3) is 3.68. The van der Waals surface area contributed by atoms with Gasteiger partial charge in [0.05, 0.1) is 0 Å². The topological polar surface area (TPSA) is 12.0 Å². The minimum Gasteiger partial charge on any atom is -0.311 e. The highest BCUT2D eigenvalue weighted by Gasteiger charge is 2.20. The molecular formula is C12H25N. The van der Waals surface area contributed by atoms with Gasteiger partial charge < -0.3 is 5.32 Å². The summed E-state index contributed by atoms with van der Waals surface area (Å²) < 4.78 is 0. The Kier molecular flexibility index (Phi) is 4.24. The number of hydrogen-bond donors (Lipinski definition) is 1. The molecular weight excluding hydrogens is 158 g/mol. The molecule has 1 fully saturated rings. The van der Waals surface area contributed by atoms with Crippen molar-refractivity contribution in [1.82, 2.24) is 5.32 Å². The molecule has 1 aliphatic carbocycles. The minimum absolute atomic E-state index is 0.679. The Labute approximate surface area is 83.3 Å². The van der Waals surface area contributed by atoms with E-state index in [4.69, 9.17) is 0 Å². The quantitative estimate of drug-likeness (QED) is 0.708. The van der Waals surface area contributed by atoms with E-state index in [1.165, 1.54) is 25.7 Å². The van der Waals surface area contributed by atoms with E-state index in [1.54, 1.807) is 0 Å².